The van der Waals surface area contributed by atoms with Crippen LogP contribution in [0.25, 0.3) is 0 Å². The Labute approximate surface area is 117 Å². The lowest BCUT2D eigenvalue weighted by molar-refractivity contribution is 0.466. The van der Waals surface area contributed by atoms with Crippen molar-refractivity contribution in [3.8, 4) is 5.75 Å². The van der Waals surface area contributed by atoms with E-state index in [0.717, 1.165) is 11.6 Å². The van der Waals surface area contributed by atoms with Crippen LogP contribution in [0.5, 0.6) is 5.75 Å². The second kappa shape index (κ2) is 6.01. The lowest BCUT2D eigenvalue weighted by Gasteiger charge is -2.15. The molecule has 2 rings (SSSR count). The van der Waals surface area contributed by atoms with Crippen LogP contribution in [-0.2, 0) is 6.54 Å². The Kier molecular flexibility index (Phi) is 4.35. The topological polar surface area (TPSA) is 32.3 Å². The van der Waals surface area contributed by atoms with E-state index in [9.17, 15) is 13.9 Å². The summed E-state index contributed by atoms with van der Waals surface area (Å²) in [6.07, 6.45) is 0. The van der Waals surface area contributed by atoms with Gasteiger partial charge in [0.2, 0.25) is 0 Å². The first-order valence-corrected chi connectivity index (χ1v) is 6.43. The molecule has 2 N–H and O–H groups in total. The monoisotopic (exact) mass is 277 g/mol. The van der Waals surface area contributed by atoms with Crippen LogP contribution < -0.4 is 5.32 Å². The molecule has 1 atom stereocenters. The number of rotatable bonds is 4. The van der Waals surface area contributed by atoms with Gasteiger partial charge in [-0.3, -0.25) is 0 Å². The summed E-state index contributed by atoms with van der Waals surface area (Å²) in [5.41, 5.74) is 2.08. The summed E-state index contributed by atoms with van der Waals surface area (Å²) in [4.78, 5) is 0. The van der Waals surface area contributed by atoms with E-state index in [4.69, 9.17) is 0 Å². The standard InChI is InChI=1S/C16H17F2NO/c1-10-3-4-13(7-16(10)18)11(2)19-9-12-5-14(17)8-15(20)6-12/h3-8,11,19-20H,9H2,1-2H3. The van der Waals surface area contributed by atoms with Gasteiger partial charge in [-0.15, -0.1) is 0 Å². The number of phenolic OH excluding ortho intramolecular Hbond substituents is 1. The van der Waals surface area contributed by atoms with Crippen LogP contribution in [0.15, 0.2) is 36.4 Å². The van der Waals surface area contributed by atoms with Crippen LogP contribution in [0.3, 0.4) is 0 Å². The fourth-order valence-corrected chi connectivity index (χ4v) is 2.00. The number of halogens is 2. The molecule has 0 saturated heterocycles. The minimum Gasteiger partial charge on any atom is -0.508 e. The smallest absolute Gasteiger partial charge is 0.127 e. The lowest BCUT2D eigenvalue weighted by Crippen LogP contribution is -2.18. The highest BCUT2D eigenvalue weighted by molar-refractivity contribution is 5.29. The van der Waals surface area contributed by atoms with Crippen molar-refractivity contribution < 1.29 is 13.9 Å². The van der Waals surface area contributed by atoms with E-state index in [1.54, 1.807) is 13.0 Å². The predicted octanol–water partition coefficient (Wildman–Crippen LogP) is 3.83. The zero-order chi connectivity index (χ0) is 14.7. The first-order chi connectivity index (χ1) is 9.45. The molecule has 0 spiro atoms. The molecule has 0 aromatic heterocycles. The predicted molar refractivity (Wildman–Crippen MR) is 74.5 cm³/mol. The molecule has 0 aliphatic heterocycles. The van der Waals surface area contributed by atoms with E-state index in [2.05, 4.69) is 5.32 Å². The van der Waals surface area contributed by atoms with E-state index < -0.39 is 5.82 Å². The van der Waals surface area contributed by atoms with Crippen LogP contribution in [0.1, 0.15) is 29.7 Å². The van der Waals surface area contributed by atoms with Crippen molar-refractivity contribution in [2.45, 2.75) is 26.4 Å². The SMILES string of the molecule is Cc1ccc(C(C)NCc2cc(O)cc(F)c2)cc1F. The molecule has 4 heteroatoms. The van der Waals surface area contributed by atoms with Gasteiger partial charge >= 0.3 is 0 Å². The Hall–Kier alpha value is -1.94. The van der Waals surface area contributed by atoms with Gasteiger partial charge in [0.05, 0.1) is 0 Å². The molecule has 0 amide bonds. The number of hydrogen-bond acceptors (Lipinski definition) is 2. The van der Waals surface area contributed by atoms with Crippen molar-refractivity contribution >= 4 is 0 Å². The Balaban J connectivity index is 2.04. The molecule has 1 unspecified atom stereocenters. The summed E-state index contributed by atoms with van der Waals surface area (Å²) in [5.74, 6) is -0.814. The van der Waals surface area contributed by atoms with Crippen molar-refractivity contribution in [2.75, 3.05) is 0 Å². The van der Waals surface area contributed by atoms with E-state index >= 15 is 0 Å². The van der Waals surface area contributed by atoms with E-state index in [0.29, 0.717) is 17.7 Å². The van der Waals surface area contributed by atoms with E-state index in [1.807, 2.05) is 13.0 Å². The summed E-state index contributed by atoms with van der Waals surface area (Å²) in [6.45, 7) is 4.01. The highest BCUT2D eigenvalue weighted by Gasteiger charge is 2.08. The zero-order valence-electron chi connectivity index (χ0n) is 11.5. The number of hydrogen-bond donors (Lipinski definition) is 2. The van der Waals surface area contributed by atoms with Crippen LogP contribution in [-0.4, -0.2) is 5.11 Å². The molecule has 106 valence electrons. The average Bonchev–Trinajstić information content (AvgIpc) is 2.38. The zero-order valence-corrected chi connectivity index (χ0v) is 11.5. The van der Waals surface area contributed by atoms with Crippen molar-refractivity contribution in [1.29, 1.82) is 0 Å². The summed E-state index contributed by atoms with van der Waals surface area (Å²) in [5, 5.41) is 12.5. The van der Waals surface area contributed by atoms with Crippen molar-refractivity contribution in [3.63, 3.8) is 0 Å². The fourth-order valence-electron chi connectivity index (χ4n) is 2.00. The highest BCUT2D eigenvalue weighted by Crippen LogP contribution is 2.18. The molecule has 0 aliphatic rings. The van der Waals surface area contributed by atoms with Gasteiger partial charge in [-0.2, -0.15) is 0 Å². The number of phenols is 1. The van der Waals surface area contributed by atoms with Gasteiger partial charge in [0, 0.05) is 18.7 Å². The summed E-state index contributed by atoms with van der Waals surface area (Å²) in [7, 11) is 0. The first-order valence-electron chi connectivity index (χ1n) is 6.43. The number of nitrogens with one attached hydrogen (secondary N) is 1. The number of aromatic hydroxyl groups is 1. The molecule has 20 heavy (non-hydrogen) atoms. The molecule has 2 aromatic rings. The average molecular weight is 277 g/mol. The summed E-state index contributed by atoms with van der Waals surface area (Å²) >= 11 is 0. The van der Waals surface area contributed by atoms with Gasteiger partial charge in [0.1, 0.15) is 17.4 Å². The molecule has 0 fully saturated rings. The van der Waals surface area contributed by atoms with Gasteiger partial charge in [-0.25, -0.2) is 8.78 Å². The summed E-state index contributed by atoms with van der Waals surface area (Å²) < 4.78 is 26.6. The van der Waals surface area contributed by atoms with Gasteiger partial charge in [-0.05, 0) is 48.7 Å². The van der Waals surface area contributed by atoms with Crippen LogP contribution >= 0.6 is 0 Å². The van der Waals surface area contributed by atoms with Gasteiger partial charge in [-0.1, -0.05) is 12.1 Å². The molecule has 0 bridgehead atoms. The fraction of sp³-hybridized carbons (Fsp3) is 0.250. The maximum absolute atomic E-state index is 13.5. The lowest BCUT2D eigenvalue weighted by atomic mass is 10.1. The molecule has 0 aliphatic carbocycles. The molecular formula is C16H17F2NO. The normalized spacial score (nSPS) is 12.4. The maximum atomic E-state index is 13.5. The second-order valence-corrected chi connectivity index (χ2v) is 4.93. The van der Waals surface area contributed by atoms with Crippen molar-refractivity contribution in [3.05, 3.63) is 64.7 Å². The molecule has 0 saturated carbocycles. The third-order valence-corrected chi connectivity index (χ3v) is 3.25. The van der Waals surface area contributed by atoms with Crippen LogP contribution in [0.4, 0.5) is 8.78 Å². The Morgan fingerprint density at radius 2 is 1.90 bits per heavy atom. The maximum Gasteiger partial charge on any atom is 0.127 e. The second-order valence-electron chi connectivity index (χ2n) is 4.93. The largest absolute Gasteiger partial charge is 0.508 e. The highest BCUT2D eigenvalue weighted by atomic mass is 19.1. The molecule has 2 nitrogen and oxygen atoms in total. The Morgan fingerprint density at radius 3 is 2.55 bits per heavy atom. The minimum absolute atomic E-state index is 0.0736. The molecule has 2 aromatic carbocycles. The van der Waals surface area contributed by atoms with Gasteiger partial charge < -0.3 is 10.4 Å². The van der Waals surface area contributed by atoms with Gasteiger partial charge in [0.15, 0.2) is 0 Å². The molecule has 0 heterocycles. The van der Waals surface area contributed by atoms with Gasteiger partial charge in [0.25, 0.3) is 0 Å². The Morgan fingerprint density at radius 1 is 1.15 bits per heavy atom. The quantitative estimate of drug-likeness (QED) is 0.890. The van der Waals surface area contributed by atoms with E-state index in [-0.39, 0.29) is 17.6 Å². The van der Waals surface area contributed by atoms with Crippen LogP contribution in [0.2, 0.25) is 0 Å². The number of aryl methyl sites for hydroxylation is 1. The Bertz CT molecular complexity index is 593. The minimum atomic E-state index is -0.476. The van der Waals surface area contributed by atoms with Crippen LogP contribution in [0, 0.1) is 18.6 Å². The van der Waals surface area contributed by atoms with Crippen molar-refractivity contribution in [2.24, 2.45) is 0 Å². The van der Waals surface area contributed by atoms with Crippen molar-refractivity contribution in [1.82, 2.24) is 5.32 Å². The molecular weight excluding hydrogens is 260 g/mol. The third kappa shape index (κ3) is 3.54. The first kappa shape index (κ1) is 14.5. The summed E-state index contributed by atoms with van der Waals surface area (Å²) in [6, 6.07) is 8.93. The van der Waals surface area contributed by atoms with E-state index in [1.165, 1.54) is 18.2 Å². The molecule has 0 radical (unpaired) electrons. The number of benzene rings is 2. The third-order valence-electron chi connectivity index (χ3n) is 3.25.